The van der Waals surface area contributed by atoms with Crippen LogP contribution in [-0.4, -0.2) is 26.3 Å². The van der Waals surface area contributed by atoms with Crippen LogP contribution in [0.25, 0.3) is 11.0 Å². The summed E-state index contributed by atoms with van der Waals surface area (Å²) in [7, 11) is 0. The molecule has 1 fully saturated rings. The maximum absolute atomic E-state index is 13.0. The fourth-order valence-electron chi connectivity index (χ4n) is 3.49. The molecule has 1 saturated carbocycles. The van der Waals surface area contributed by atoms with E-state index in [0.29, 0.717) is 23.1 Å². The molecule has 0 bridgehead atoms. The zero-order valence-corrected chi connectivity index (χ0v) is 16.4. The Morgan fingerprint density at radius 1 is 1.24 bits per heavy atom. The summed E-state index contributed by atoms with van der Waals surface area (Å²) in [6.07, 6.45) is -1.34. The first kappa shape index (κ1) is 19.5. The molecule has 3 aromatic rings. The quantitative estimate of drug-likeness (QED) is 0.687. The lowest BCUT2D eigenvalue weighted by atomic mass is 9.94. The van der Waals surface area contributed by atoms with E-state index in [1.54, 1.807) is 10.7 Å². The number of rotatable bonds is 4. The molecule has 0 spiro atoms. The maximum Gasteiger partial charge on any atom is 0.416 e. The molecule has 4 rings (SSSR count). The minimum Gasteiger partial charge on any atom is -0.355 e. The van der Waals surface area contributed by atoms with Gasteiger partial charge in [0.25, 0.3) is 5.56 Å². The number of anilines is 1. The van der Waals surface area contributed by atoms with Crippen molar-refractivity contribution in [1.29, 1.82) is 0 Å². The highest BCUT2D eigenvalue weighted by Crippen LogP contribution is 2.49. The van der Waals surface area contributed by atoms with Crippen molar-refractivity contribution in [1.82, 2.24) is 19.7 Å². The fraction of sp³-hybridized carbons (Fsp3) is 0.450. The van der Waals surface area contributed by atoms with Gasteiger partial charge < -0.3 is 5.32 Å². The zero-order chi connectivity index (χ0) is 21.0. The summed E-state index contributed by atoms with van der Waals surface area (Å²) in [6, 6.07) is 5.45. The number of H-pyrrole nitrogens is 1. The lowest BCUT2D eigenvalue weighted by Gasteiger charge is -2.20. The highest BCUT2D eigenvalue weighted by atomic mass is 19.4. The first-order valence-corrected chi connectivity index (χ1v) is 9.40. The number of fused-ring (bicyclic) bond motifs is 1. The summed E-state index contributed by atoms with van der Waals surface area (Å²) in [5.41, 5.74) is -0.592. The lowest BCUT2D eigenvalue weighted by Crippen LogP contribution is -2.25. The molecule has 1 aliphatic carbocycles. The molecular weight excluding hydrogens is 383 g/mol. The molecule has 0 saturated heterocycles. The number of hydrogen-bond acceptors (Lipinski definition) is 4. The van der Waals surface area contributed by atoms with Gasteiger partial charge in [-0.05, 0) is 45.2 Å². The zero-order valence-electron chi connectivity index (χ0n) is 16.4. The van der Waals surface area contributed by atoms with Gasteiger partial charge in [-0.15, -0.1) is 0 Å². The van der Waals surface area contributed by atoms with Crippen molar-refractivity contribution in [2.75, 3.05) is 11.9 Å². The van der Waals surface area contributed by atoms with Gasteiger partial charge in [-0.25, -0.2) is 4.68 Å². The van der Waals surface area contributed by atoms with Crippen LogP contribution in [0.1, 0.15) is 44.7 Å². The number of nitrogens with one attached hydrogen (secondary N) is 2. The fourth-order valence-corrected chi connectivity index (χ4v) is 3.49. The summed E-state index contributed by atoms with van der Waals surface area (Å²) in [6.45, 7) is 6.26. The molecule has 154 valence electrons. The van der Waals surface area contributed by atoms with Crippen LogP contribution >= 0.6 is 0 Å². The lowest BCUT2D eigenvalue weighted by molar-refractivity contribution is -0.137. The third-order valence-corrected chi connectivity index (χ3v) is 5.32. The van der Waals surface area contributed by atoms with Crippen molar-refractivity contribution in [3.63, 3.8) is 0 Å². The van der Waals surface area contributed by atoms with Crippen molar-refractivity contribution in [3.8, 4) is 0 Å². The molecule has 0 unspecified atom stereocenters. The minimum absolute atomic E-state index is 0.284. The molecule has 0 aliphatic heterocycles. The van der Waals surface area contributed by atoms with Gasteiger partial charge >= 0.3 is 6.18 Å². The molecule has 9 heteroatoms. The van der Waals surface area contributed by atoms with Gasteiger partial charge in [0.1, 0.15) is 5.39 Å². The van der Waals surface area contributed by atoms with E-state index in [1.807, 2.05) is 20.8 Å². The molecule has 0 amide bonds. The van der Waals surface area contributed by atoms with Crippen molar-refractivity contribution in [3.05, 3.63) is 51.9 Å². The average molecular weight is 405 g/mol. The van der Waals surface area contributed by atoms with Crippen LogP contribution in [0.3, 0.4) is 0 Å². The number of benzene rings is 1. The molecule has 1 aromatic carbocycles. The number of hydrogen-bond donors (Lipinski definition) is 2. The molecular formula is C20H22F3N5O. The van der Waals surface area contributed by atoms with E-state index in [4.69, 9.17) is 0 Å². The van der Waals surface area contributed by atoms with Crippen LogP contribution in [-0.2, 0) is 17.1 Å². The van der Waals surface area contributed by atoms with E-state index >= 15 is 0 Å². The Morgan fingerprint density at radius 3 is 2.59 bits per heavy atom. The predicted molar refractivity (Wildman–Crippen MR) is 104 cm³/mol. The van der Waals surface area contributed by atoms with Crippen LogP contribution in [0, 0.1) is 0 Å². The first-order valence-electron chi connectivity index (χ1n) is 9.40. The van der Waals surface area contributed by atoms with Crippen LogP contribution in [0.2, 0.25) is 0 Å². The van der Waals surface area contributed by atoms with Crippen molar-refractivity contribution in [2.45, 2.75) is 50.7 Å². The Kier molecular flexibility index (Phi) is 4.25. The number of halogens is 3. The van der Waals surface area contributed by atoms with E-state index in [9.17, 15) is 18.0 Å². The molecule has 29 heavy (non-hydrogen) atoms. The Labute approximate surface area is 165 Å². The van der Waals surface area contributed by atoms with Gasteiger partial charge in [-0.3, -0.25) is 9.78 Å². The molecule has 0 atom stereocenters. The van der Waals surface area contributed by atoms with Crippen LogP contribution in [0.15, 0.2) is 35.3 Å². The number of nitrogens with zero attached hydrogens (tertiary/aromatic N) is 3. The Morgan fingerprint density at radius 2 is 1.97 bits per heavy atom. The Balaban J connectivity index is 1.61. The molecule has 2 heterocycles. The smallest absolute Gasteiger partial charge is 0.355 e. The first-order chi connectivity index (χ1) is 13.5. The number of alkyl halides is 3. The predicted octanol–water partition coefficient (Wildman–Crippen LogP) is 4.04. The van der Waals surface area contributed by atoms with E-state index in [2.05, 4.69) is 20.4 Å². The summed E-state index contributed by atoms with van der Waals surface area (Å²) in [5, 5.41) is 7.78. The van der Waals surface area contributed by atoms with Crippen LogP contribution < -0.4 is 10.9 Å². The molecule has 2 N–H and O–H groups in total. The highest BCUT2D eigenvalue weighted by Gasteiger charge is 2.45. The van der Waals surface area contributed by atoms with Gasteiger partial charge in [0.2, 0.25) is 5.95 Å². The summed E-state index contributed by atoms with van der Waals surface area (Å²) < 4.78 is 40.8. The van der Waals surface area contributed by atoms with Gasteiger partial charge in [0.15, 0.2) is 5.65 Å². The number of aromatic nitrogens is 4. The largest absolute Gasteiger partial charge is 0.416 e. The van der Waals surface area contributed by atoms with Crippen molar-refractivity contribution < 1.29 is 13.2 Å². The van der Waals surface area contributed by atoms with Crippen LogP contribution in [0.4, 0.5) is 19.1 Å². The molecule has 6 nitrogen and oxygen atoms in total. The summed E-state index contributed by atoms with van der Waals surface area (Å²) >= 11 is 0. The van der Waals surface area contributed by atoms with Gasteiger partial charge in [-0.1, -0.05) is 18.2 Å². The maximum atomic E-state index is 13.0. The SMILES string of the molecule is CC(C)(C)n1ncc2c(=O)[nH]c(NCC3(c4cccc(C(F)(F)F)c4)CC3)nc21. The van der Waals surface area contributed by atoms with Gasteiger partial charge in [-0.2, -0.15) is 23.3 Å². The second kappa shape index (κ2) is 6.33. The van der Waals surface area contributed by atoms with E-state index in [-0.39, 0.29) is 22.5 Å². The summed E-state index contributed by atoms with van der Waals surface area (Å²) in [5.74, 6) is 0.284. The average Bonchev–Trinajstić information content (AvgIpc) is 3.29. The standard InChI is InChI=1S/C20H22F3N5O/c1-18(2,3)28-15-14(10-25-28)16(29)27-17(26-15)24-11-19(7-8-19)12-5-4-6-13(9-12)20(21,22)23/h4-6,9-10H,7-8,11H2,1-3H3,(H2,24,26,27,29). The second-order valence-corrected chi connectivity index (χ2v) is 8.59. The second-order valence-electron chi connectivity index (χ2n) is 8.59. The topological polar surface area (TPSA) is 75.6 Å². The molecule has 1 aliphatic rings. The normalized spacial score (nSPS) is 16.2. The molecule has 0 radical (unpaired) electrons. The summed E-state index contributed by atoms with van der Waals surface area (Å²) in [4.78, 5) is 19.6. The van der Waals surface area contributed by atoms with Gasteiger partial charge in [0, 0.05) is 12.0 Å². The minimum atomic E-state index is -4.37. The Hall–Kier alpha value is -2.84. The highest BCUT2D eigenvalue weighted by molar-refractivity contribution is 5.74. The third-order valence-electron chi connectivity index (χ3n) is 5.32. The molecule has 2 aromatic heterocycles. The Bertz CT molecular complexity index is 1120. The van der Waals surface area contributed by atoms with Crippen molar-refractivity contribution in [2.24, 2.45) is 0 Å². The van der Waals surface area contributed by atoms with E-state index < -0.39 is 11.7 Å². The van der Waals surface area contributed by atoms with Crippen molar-refractivity contribution >= 4 is 17.0 Å². The third kappa shape index (κ3) is 3.61. The van der Waals surface area contributed by atoms with Gasteiger partial charge in [0.05, 0.1) is 17.3 Å². The number of aromatic amines is 1. The van der Waals surface area contributed by atoms with Crippen LogP contribution in [0.5, 0.6) is 0 Å². The monoisotopic (exact) mass is 405 g/mol. The van der Waals surface area contributed by atoms with E-state index in [1.165, 1.54) is 18.3 Å². The van der Waals surface area contributed by atoms with E-state index in [0.717, 1.165) is 18.9 Å².